The first-order valence-corrected chi connectivity index (χ1v) is 6.15. The van der Waals surface area contributed by atoms with Crippen LogP contribution >= 0.6 is 0 Å². The number of aryl methyl sites for hydroxylation is 1. The number of nitrogens with one attached hydrogen (secondary N) is 1. The summed E-state index contributed by atoms with van der Waals surface area (Å²) in [5.41, 5.74) is 2.02. The molecule has 0 radical (unpaired) electrons. The van der Waals surface area contributed by atoms with E-state index in [4.69, 9.17) is 5.11 Å². The summed E-state index contributed by atoms with van der Waals surface area (Å²) in [7, 11) is 0. The van der Waals surface area contributed by atoms with Gasteiger partial charge in [-0.1, -0.05) is 29.8 Å². The van der Waals surface area contributed by atoms with E-state index in [1.165, 1.54) is 0 Å². The summed E-state index contributed by atoms with van der Waals surface area (Å²) in [4.78, 5) is 22.8. The highest BCUT2D eigenvalue weighted by Gasteiger charge is 2.32. The molecular weight excluding hydrogens is 230 g/mol. The molecule has 2 N–H and O–H groups in total. The summed E-state index contributed by atoms with van der Waals surface area (Å²) >= 11 is 0. The van der Waals surface area contributed by atoms with E-state index in [-0.39, 0.29) is 11.8 Å². The van der Waals surface area contributed by atoms with Crippen LogP contribution in [0.4, 0.5) is 0 Å². The lowest BCUT2D eigenvalue weighted by Crippen LogP contribution is -2.43. The van der Waals surface area contributed by atoms with E-state index in [0.717, 1.165) is 24.0 Å². The molecular formula is C14H17NO3. The Morgan fingerprint density at radius 1 is 1.44 bits per heavy atom. The van der Waals surface area contributed by atoms with Gasteiger partial charge < -0.3 is 10.4 Å². The molecule has 1 aromatic rings. The maximum absolute atomic E-state index is 11.6. The van der Waals surface area contributed by atoms with Gasteiger partial charge in [0.15, 0.2) is 0 Å². The molecule has 1 atom stereocenters. The normalized spacial score (nSPS) is 16.1. The van der Waals surface area contributed by atoms with Crippen molar-refractivity contribution in [3.63, 3.8) is 0 Å². The van der Waals surface area contributed by atoms with Gasteiger partial charge in [-0.05, 0) is 25.3 Å². The number of carboxylic acid groups (broad SMARTS) is 1. The van der Waals surface area contributed by atoms with Gasteiger partial charge in [0.05, 0.1) is 0 Å². The number of hydrogen-bond donors (Lipinski definition) is 2. The molecule has 1 amide bonds. The topological polar surface area (TPSA) is 66.4 Å². The van der Waals surface area contributed by atoms with Crippen LogP contribution in [0.2, 0.25) is 0 Å². The molecule has 18 heavy (non-hydrogen) atoms. The Morgan fingerprint density at radius 3 is 2.72 bits per heavy atom. The fourth-order valence-electron chi connectivity index (χ4n) is 1.91. The number of hydrogen-bond acceptors (Lipinski definition) is 2. The van der Waals surface area contributed by atoms with E-state index in [2.05, 4.69) is 5.32 Å². The third-order valence-corrected chi connectivity index (χ3v) is 3.09. The van der Waals surface area contributed by atoms with Gasteiger partial charge in [0.25, 0.3) is 0 Å². The fourth-order valence-corrected chi connectivity index (χ4v) is 1.91. The molecule has 0 aromatic heterocycles. The Hall–Kier alpha value is -1.84. The SMILES string of the molecule is Cc1cccc(C[C@H](NC(=O)C2CC2)C(=O)O)c1. The van der Waals surface area contributed by atoms with Crippen molar-refractivity contribution in [3.8, 4) is 0 Å². The molecule has 1 saturated carbocycles. The molecule has 0 aliphatic heterocycles. The number of aliphatic carboxylic acids is 1. The molecule has 1 aliphatic carbocycles. The van der Waals surface area contributed by atoms with Gasteiger partial charge in [0.1, 0.15) is 6.04 Å². The van der Waals surface area contributed by atoms with Crippen molar-refractivity contribution >= 4 is 11.9 Å². The summed E-state index contributed by atoms with van der Waals surface area (Å²) < 4.78 is 0. The minimum absolute atomic E-state index is 0.0318. The van der Waals surface area contributed by atoms with Crippen molar-refractivity contribution < 1.29 is 14.7 Å². The number of carboxylic acids is 1. The zero-order valence-corrected chi connectivity index (χ0v) is 10.3. The van der Waals surface area contributed by atoms with Crippen LogP contribution in [-0.2, 0) is 16.0 Å². The molecule has 1 aromatic carbocycles. The van der Waals surface area contributed by atoms with Crippen LogP contribution < -0.4 is 5.32 Å². The largest absolute Gasteiger partial charge is 0.480 e. The first-order chi connectivity index (χ1) is 8.56. The van der Waals surface area contributed by atoms with Gasteiger partial charge >= 0.3 is 5.97 Å². The van der Waals surface area contributed by atoms with Gasteiger partial charge in [-0.25, -0.2) is 4.79 Å². The van der Waals surface area contributed by atoms with Crippen molar-refractivity contribution in [2.45, 2.75) is 32.2 Å². The molecule has 0 heterocycles. The second-order valence-electron chi connectivity index (χ2n) is 4.87. The third kappa shape index (κ3) is 3.32. The lowest BCUT2D eigenvalue weighted by Gasteiger charge is -2.14. The Kier molecular flexibility index (Phi) is 3.65. The monoisotopic (exact) mass is 247 g/mol. The van der Waals surface area contributed by atoms with E-state index < -0.39 is 12.0 Å². The second kappa shape index (κ2) is 5.21. The van der Waals surface area contributed by atoms with Crippen LogP contribution in [-0.4, -0.2) is 23.0 Å². The average molecular weight is 247 g/mol. The van der Waals surface area contributed by atoms with Crippen LogP contribution in [0.3, 0.4) is 0 Å². The second-order valence-corrected chi connectivity index (χ2v) is 4.87. The maximum Gasteiger partial charge on any atom is 0.326 e. The van der Waals surface area contributed by atoms with Crippen molar-refractivity contribution in [2.24, 2.45) is 5.92 Å². The highest BCUT2D eigenvalue weighted by molar-refractivity contribution is 5.86. The Balaban J connectivity index is 2.01. The van der Waals surface area contributed by atoms with Gasteiger partial charge in [0, 0.05) is 12.3 Å². The minimum Gasteiger partial charge on any atom is -0.480 e. The van der Waals surface area contributed by atoms with E-state index in [0.29, 0.717) is 6.42 Å². The van der Waals surface area contributed by atoms with Crippen LogP contribution in [0, 0.1) is 12.8 Å². The summed E-state index contributed by atoms with van der Waals surface area (Å²) in [6.45, 7) is 1.96. The molecule has 4 heteroatoms. The number of amides is 1. The molecule has 96 valence electrons. The molecule has 2 rings (SSSR count). The number of benzene rings is 1. The van der Waals surface area contributed by atoms with Gasteiger partial charge in [0.2, 0.25) is 5.91 Å². The standard InChI is InChI=1S/C14H17NO3/c1-9-3-2-4-10(7-9)8-12(14(17)18)15-13(16)11-5-6-11/h2-4,7,11-12H,5-6,8H2,1H3,(H,15,16)(H,17,18)/t12-/m0/s1. The van der Waals surface area contributed by atoms with Crippen molar-refractivity contribution in [1.29, 1.82) is 0 Å². The highest BCUT2D eigenvalue weighted by atomic mass is 16.4. The van der Waals surface area contributed by atoms with E-state index in [1.807, 2.05) is 31.2 Å². The molecule has 0 unspecified atom stereocenters. The maximum atomic E-state index is 11.6. The Labute approximate surface area is 106 Å². The van der Waals surface area contributed by atoms with Crippen LogP contribution in [0.5, 0.6) is 0 Å². The zero-order valence-electron chi connectivity index (χ0n) is 10.3. The highest BCUT2D eigenvalue weighted by Crippen LogP contribution is 2.29. The number of carbonyl (C=O) groups is 2. The summed E-state index contributed by atoms with van der Waals surface area (Å²) in [6.07, 6.45) is 2.08. The smallest absolute Gasteiger partial charge is 0.326 e. The number of rotatable bonds is 5. The lowest BCUT2D eigenvalue weighted by atomic mass is 10.0. The predicted molar refractivity (Wildman–Crippen MR) is 67.2 cm³/mol. The summed E-state index contributed by atoms with van der Waals surface area (Å²) in [5, 5.41) is 11.7. The quantitative estimate of drug-likeness (QED) is 0.829. The first-order valence-electron chi connectivity index (χ1n) is 6.15. The van der Waals surface area contributed by atoms with Gasteiger partial charge in [-0.15, -0.1) is 0 Å². The predicted octanol–water partition coefficient (Wildman–Crippen LogP) is 1.52. The fraction of sp³-hybridized carbons (Fsp3) is 0.429. The van der Waals surface area contributed by atoms with Gasteiger partial charge in [-0.3, -0.25) is 4.79 Å². The minimum atomic E-state index is -0.981. The van der Waals surface area contributed by atoms with Crippen LogP contribution in [0.25, 0.3) is 0 Å². The Bertz CT molecular complexity index is 466. The third-order valence-electron chi connectivity index (χ3n) is 3.09. The zero-order chi connectivity index (χ0) is 13.1. The van der Waals surface area contributed by atoms with Gasteiger partial charge in [-0.2, -0.15) is 0 Å². The van der Waals surface area contributed by atoms with Crippen molar-refractivity contribution in [2.75, 3.05) is 0 Å². The van der Waals surface area contributed by atoms with Crippen molar-refractivity contribution in [3.05, 3.63) is 35.4 Å². The van der Waals surface area contributed by atoms with Crippen LogP contribution in [0.15, 0.2) is 24.3 Å². The lowest BCUT2D eigenvalue weighted by molar-refractivity contribution is -0.142. The summed E-state index contributed by atoms with van der Waals surface area (Å²) in [5.74, 6) is -1.08. The van der Waals surface area contributed by atoms with Crippen molar-refractivity contribution in [1.82, 2.24) is 5.32 Å². The molecule has 1 fully saturated rings. The Morgan fingerprint density at radius 2 is 2.17 bits per heavy atom. The van der Waals surface area contributed by atoms with E-state index in [1.54, 1.807) is 0 Å². The molecule has 0 bridgehead atoms. The molecule has 0 saturated heterocycles. The summed E-state index contributed by atoms with van der Waals surface area (Å²) in [6, 6.07) is 6.85. The van der Waals surface area contributed by atoms with E-state index >= 15 is 0 Å². The van der Waals surface area contributed by atoms with E-state index in [9.17, 15) is 9.59 Å². The number of carbonyl (C=O) groups excluding carboxylic acids is 1. The van der Waals surface area contributed by atoms with Crippen LogP contribution in [0.1, 0.15) is 24.0 Å². The first kappa shape index (κ1) is 12.6. The molecule has 4 nitrogen and oxygen atoms in total. The average Bonchev–Trinajstić information content (AvgIpc) is 3.11. The molecule has 0 spiro atoms. The molecule has 1 aliphatic rings.